The zero-order valence-corrected chi connectivity index (χ0v) is 11.1. The minimum Gasteiger partial charge on any atom is -0.372 e. The monoisotopic (exact) mass is 246 g/mol. The van der Waals surface area contributed by atoms with E-state index in [0.717, 1.165) is 26.2 Å². The summed E-state index contributed by atoms with van der Waals surface area (Å²) in [4.78, 5) is 2.54. The number of hydrogen-bond acceptors (Lipinski definition) is 3. The van der Waals surface area contributed by atoms with Gasteiger partial charge in [-0.25, -0.2) is 0 Å². The summed E-state index contributed by atoms with van der Waals surface area (Å²) in [6, 6.07) is 8.95. The average Bonchev–Trinajstić information content (AvgIpc) is 2.72. The number of nitrogens with one attached hydrogen (secondary N) is 1. The number of benzene rings is 1. The van der Waals surface area contributed by atoms with Crippen molar-refractivity contribution >= 4 is 0 Å². The van der Waals surface area contributed by atoms with Gasteiger partial charge < -0.3 is 10.1 Å². The van der Waals surface area contributed by atoms with Crippen LogP contribution in [0.2, 0.25) is 0 Å². The quantitative estimate of drug-likeness (QED) is 0.876. The molecule has 2 saturated heterocycles. The summed E-state index contributed by atoms with van der Waals surface area (Å²) in [5.74, 6) is 0. The first-order chi connectivity index (χ1) is 8.83. The van der Waals surface area contributed by atoms with Crippen LogP contribution in [0, 0.1) is 0 Å². The second kappa shape index (κ2) is 5.39. The summed E-state index contributed by atoms with van der Waals surface area (Å²) in [6.45, 7) is 4.22. The number of nitrogens with zero attached hydrogens (tertiary/aromatic N) is 1. The van der Waals surface area contributed by atoms with Crippen molar-refractivity contribution in [3.8, 4) is 0 Å². The molecule has 2 fully saturated rings. The lowest BCUT2D eigenvalue weighted by atomic mass is 10.1. The first-order valence-corrected chi connectivity index (χ1v) is 6.94. The molecule has 2 heterocycles. The van der Waals surface area contributed by atoms with Gasteiger partial charge in [-0.05, 0) is 31.0 Å². The van der Waals surface area contributed by atoms with Crippen LogP contribution in [0.3, 0.4) is 0 Å². The van der Waals surface area contributed by atoms with E-state index in [9.17, 15) is 0 Å². The van der Waals surface area contributed by atoms with E-state index in [1.807, 2.05) is 7.05 Å². The highest BCUT2D eigenvalue weighted by atomic mass is 16.5. The number of hydrogen-bond donors (Lipinski definition) is 1. The molecular weight excluding hydrogens is 224 g/mol. The van der Waals surface area contributed by atoms with Crippen LogP contribution in [0.5, 0.6) is 0 Å². The molecule has 2 aliphatic rings. The van der Waals surface area contributed by atoms with Gasteiger partial charge in [-0.2, -0.15) is 0 Å². The molecule has 1 N–H and O–H groups in total. The number of fused-ring (bicyclic) bond motifs is 2. The molecule has 0 radical (unpaired) electrons. The molecule has 2 bridgehead atoms. The Bertz CT molecular complexity index is 378. The summed E-state index contributed by atoms with van der Waals surface area (Å²) in [7, 11) is 1.98. The Morgan fingerprint density at radius 2 is 1.72 bits per heavy atom. The van der Waals surface area contributed by atoms with Gasteiger partial charge in [0.25, 0.3) is 0 Å². The Balaban J connectivity index is 1.59. The molecule has 0 spiro atoms. The van der Waals surface area contributed by atoms with E-state index in [1.54, 1.807) is 0 Å². The maximum atomic E-state index is 5.87. The molecule has 2 unspecified atom stereocenters. The van der Waals surface area contributed by atoms with Crippen LogP contribution >= 0.6 is 0 Å². The zero-order chi connectivity index (χ0) is 12.4. The number of rotatable bonds is 4. The minimum absolute atomic E-state index is 0.493. The van der Waals surface area contributed by atoms with Gasteiger partial charge >= 0.3 is 0 Å². The Labute approximate surface area is 109 Å². The van der Waals surface area contributed by atoms with Gasteiger partial charge in [-0.15, -0.1) is 0 Å². The zero-order valence-electron chi connectivity index (χ0n) is 11.1. The highest BCUT2D eigenvalue weighted by Crippen LogP contribution is 2.27. The normalized spacial score (nSPS) is 27.6. The minimum atomic E-state index is 0.493. The molecule has 0 saturated carbocycles. The van der Waals surface area contributed by atoms with Crippen molar-refractivity contribution in [2.24, 2.45) is 0 Å². The topological polar surface area (TPSA) is 24.5 Å². The second-order valence-electron chi connectivity index (χ2n) is 5.50. The molecule has 1 aromatic carbocycles. The first-order valence-electron chi connectivity index (χ1n) is 6.94. The van der Waals surface area contributed by atoms with Crippen LogP contribution in [0.25, 0.3) is 0 Å². The highest BCUT2D eigenvalue weighted by molar-refractivity contribution is 5.22. The van der Waals surface area contributed by atoms with Crippen LogP contribution in [-0.4, -0.2) is 37.2 Å². The molecule has 2 aliphatic heterocycles. The van der Waals surface area contributed by atoms with Crippen molar-refractivity contribution in [2.45, 2.75) is 38.1 Å². The van der Waals surface area contributed by atoms with E-state index in [2.05, 4.69) is 34.5 Å². The van der Waals surface area contributed by atoms with E-state index in [-0.39, 0.29) is 0 Å². The molecule has 18 heavy (non-hydrogen) atoms. The third kappa shape index (κ3) is 2.74. The highest BCUT2D eigenvalue weighted by Gasteiger charge is 2.33. The van der Waals surface area contributed by atoms with Gasteiger partial charge in [-0.3, -0.25) is 4.90 Å². The number of ether oxygens (including phenoxy) is 1. The fourth-order valence-corrected chi connectivity index (χ4v) is 3.05. The van der Waals surface area contributed by atoms with Crippen molar-refractivity contribution in [2.75, 3.05) is 20.1 Å². The SMILES string of the molecule is CNCc1ccc(CN2CC3CCC(C2)O3)cc1. The van der Waals surface area contributed by atoms with E-state index >= 15 is 0 Å². The maximum absolute atomic E-state index is 5.87. The molecule has 3 heteroatoms. The van der Waals surface area contributed by atoms with E-state index < -0.39 is 0 Å². The lowest BCUT2D eigenvalue weighted by Crippen LogP contribution is -2.41. The average molecular weight is 246 g/mol. The second-order valence-corrected chi connectivity index (χ2v) is 5.50. The summed E-state index contributed by atoms with van der Waals surface area (Å²) in [6.07, 6.45) is 3.49. The van der Waals surface area contributed by atoms with Crippen molar-refractivity contribution < 1.29 is 4.74 Å². The Hall–Kier alpha value is -0.900. The van der Waals surface area contributed by atoms with Crippen molar-refractivity contribution in [3.63, 3.8) is 0 Å². The van der Waals surface area contributed by atoms with Crippen LogP contribution < -0.4 is 5.32 Å². The van der Waals surface area contributed by atoms with Crippen LogP contribution in [0.15, 0.2) is 24.3 Å². The van der Waals surface area contributed by atoms with Crippen LogP contribution in [0.4, 0.5) is 0 Å². The summed E-state index contributed by atoms with van der Waals surface area (Å²) in [5.41, 5.74) is 2.76. The van der Waals surface area contributed by atoms with Gasteiger partial charge in [0.05, 0.1) is 12.2 Å². The predicted octanol–water partition coefficient (Wildman–Crippen LogP) is 1.77. The maximum Gasteiger partial charge on any atom is 0.0707 e. The van der Waals surface area contributed by atoms with E-state index in [0.29, 0.717) is 12.2 Å². The predicted molar refractivity (Wildman–Crippen MR) is 72.4 cm³/mol. The molecule has 3 nitrogen and oxygen atoms in total. The summed E-state index contributed by atoms with van der Waals surface area (Å²) >= 11 is 0. The Morgan fingerprint density at radius 1 is 1.11 bits per heavy atom. The van der Waals surface area contributed by atoms with Crippen molar-refractivity contribution in [3.05, 3.63) is 35.4 Å². The van der Waals surface area contributed by atoms with Gasteiger partial charge in [0.1, 0.15) is 0 Å². The van der Waals surface area contributed by atoms with E-state index in [4.69, 9.17) is 4.74 Å². The summed E-state index contributed by atoms with van der Waals surface area (Å²) in [5, 5.41) is 3.18. The number of morpholine rings is 1. The van der Waals surface area contributed by atoms with Crippen LogP contribution in [0.1, 0.15) is 24.0 Å². The largest absolute Gasteiger partial charge is 0.372 e. The molecule has 2 atom stereocenters. The van der Waals surface area contributed by atoms with Gasteiger partial charge in [-0.1, -0.05) is 24.3 Å². The summed E-state index contributed by atoms with van der Waals surface area (Å²) < 4.78 is 5.87. The van der Waals surface area contributed by atoms with Crippen LogP contribution in [-0.2, 0) is 17.8 Å². The molecular formula is C15H22N2O. The fourth-order valence-electron chi connectivity index (χ4n) is 3.05. The molecule has 0 amide bonds. The smallest absolute Gasteiger partial charge is 0.0707 e. The van der Waals surface area contributed by atoms with E-state index in [1.165, 1.54) is 24.0 Å². The Kier molecular flexibility index (Phi) is 3.64. The third-order valence-corrected chi connectivity index (χ3v) is 3.93. The molecule has 1 aromatic rings. The molecule has 0 aromatic heterocycles. The number of likely N-dealkylation sites (tertiary alicyclic amines) is 1. The van der Waals surface area contributed by atoms with Crippen molar-refractivity contribution in [1.82, 2.24) is 10.2 Å². The van der Waals surface area contributed by atoms with Gasteiger partial charge in [0, 0.05) is 26.2 Å². The first kappa shape index (κ1) is 12.2. The van der Waals surface area contributed by atoms with Gasteiger partial charge in [0.15, 0.2) is 0 Å². The third-order valence-electron chi connectivity index (χ3n) is 3.93. The lowest BCUT2D eigenvalue weighted by molar-refractivity contribution is -0.0410. The molecule has 98 valence electrons. The molecule has 3 rings (SSSR count). The van der Waals surface area contributed by atoms with Crippen molar-refractivity contribution in [1.29, 1.82) is 0 Å². The fraction of sp³-hybridized carbons (Fsp3) is 0.600. The molecule has 0 aliphatic carbocycles. The standard InChI is InChI=1S/C15H22N2O/c1-16-8-12-2-4-13(5-3-12)9-17-10-14-6-7-15(11-17)18-14/h2-5,14-16H,6-11H2,1H3. The van der Waals surface area contributed by atoms with Gasteiger partial charge in [0.2, 0.25) is 0 Å². The lowest BCUT2D eigenvalue weighted by Gasteiger charge is -2.32. The Morgan fingerprint density at radius 3 is 2.33 bits per heavy atom.